The zero-order chi connectivity index (χ0) is 4.99. The van der Waals surface area contributed by atoms with Crippen molar-refractivity contribution in [2.75, 3.05) is 0 Å². The predicted octanol–water partition coefficient (Wildman–Crippen LogP) is 0.391. The highest BCUT2D eigenvalue weighted by molar-refractivity contribution is 7.11. The SMILES string of the molecule is [CH2]C[SiH2][SiH](C)C. The highest BCUT2D eigenvalue weighted by Gasteiger charge is 1.89. The Balaban J connectivity index is 2.63. The van der Waals surface area contributed by atoms with Crippen molar-refractivity contribution in [3.05, 3.63) is 6.92 Å². The van der Waals surface area contributed by atoms with Crippen molar-refractivity contribution in [3.63, 3.8) is 0 Å². The van der Waals surface area contributed by atoms with Gasteiger partial charge in [-0.15, -0.1) is 0 Å². The molecule has 0 aromatic carbocycles. The summed E-state index contributed by atoms with van der Waals surface area (Å²) in [6.45, 7) is 8.65. The topological polar surface area (TPSA) is 0 Å². The molecule has 6 heavy (non-hydrogen) atoms. The van der Waals surface area contributed by atoms with E-state index in [0.717, 1.165) is 0 Å². The van der Waals surface area contributed by atoms with Gasteiger partial charge in [-0.05, 0) is 0 Å². The molecule has 0 bridgehead atoms. The maximum atomic E-state index is 3.82. The molecule has 0 nitrogen and oxygen atoms in total. The van der Waals surface area contributed by atoms with Crippen LogP contribution in [-0.2, 0) is 0 Å². The van der Waals surface area contributed by atoms with E-state index in [9.17, 15) is 0 Å². The quantitative estimate of drug-likeness (QED) is 0.459. The molecule has 0 saturated carbocycles. The van der Waals surface area contributed by atoms with E-state index in [4.69, 9.17) is 0 Å². The molecule has 2 heteroatoms. The molecule has 0 spiro atoms. The van der Waals surface area contributed by atoms with E-state index in [-0.39, 0.29) is 8.31 Å². The molecule has 0 aromatic rings. The third-order valence-corrected chi connectivity index (χ3v) is 7.03. The second-order valence-corrected chi connectivity index (χ2v) is 12.7. The van der Waals surface area contributed by atoms with Gasteiger partial charge in [0.15, 0.2) is 0 Å². The molecule has 1 radical (unpaired) electrons. The summed E-state index contributed by atoms with van der Waals surface area (Å²) in [5.74, 6) is 0. The Morgan fingerprint density at radius 2 is 2.17 bits per heavy atom. The van der Waals surface area contributed by atoms with Gasteiger partial charge in [0.2, 0.25) is 0 Å². The van der Waals surface area contributed by atoms with Crippen molar-refractivity contribution in [1.29, 1.82) is 0 Å². The fourth-order valence-electron chi connectivity index (χ4n) is 0.408. The highest BCUT2D eigenvalue weighted by Crippen LogP contribution is 1.78. The lowest BCUT2D eigenvalue weighted by molar-refractivity contribution is 1.74. The molecule has 0 atom stereocenters. The van der Waals surface area contributed by atoms with E-state index < -0.39 is 0 Å². The van der Waals surface area contributed by atoms with E-state index >= 15 is 0 Å². The lowest BCUT2D eigenvalue weighted by atomic mass is 11.0. The molecule has 0 amide bonds. The van der Waals surface area contributed by atoms with Crippen LogP contribution < -0.4 is 0 Å². The van der Waals surface area contributed by atoms with Crippen LogP contribution in [-0.4, -0.2) is 17.4 Å². The first kappa shape index (κ1) is 6.43. The number of hydrogen-bond acceptors (Lipinski definition) is 0. The third-order valence-electron chi connectivity index (χ3n) is 0.781. The molecular weight excluding hydrogens is 104 g/mol. The first-order valence-corrected chi connectivity index (χ1v) is 9.14. The van der Waals surface area contributed by atoms with Crippen LogP contribution in [0, 0.1) is 6.92 Å². The minimum atomic E-state index is -0.0941. The second-order valence-electron chi connectivity index (χ2n) is 2.04. The smallest absolute Gasteiger partial charge is 0.0180 e. The Kier molecular flexibility index (Phi) is 3.88. The largest absolute Gasteiger partial charge is 0.0745 e. The second kappa shape index (κ2) is 3.62. The van der Waals surface area contributed by atoms with Crippen LogP contribution in [0.3, 0.4) is 0 Å². The average molecular weight is 117 g/mol. The lowest BCUT2D eigenvalue weighted by Gasteiger charge is -1.92. The lowest BCUT2D eigenvalue weighted by Crippen LogP contribution is -2.10. The van der Waals surface area contributed by atoms with Crippen molar-refractivity contribution in [2.24, 2.45) is 0 Å². The van der Waals surface area contributed by atoms with Crippen molar-refractivity contribution < 1.29 is 0 Å². The zero-order valence-corrected chi connectivity index (χ0v) is 7.27. The van der Waals surface area contributed by atoms with Gasteiger partial charge >= 0.3 is 0 Å². The van der Waals surface area contributed by atoms with Crippen molar-refractivity contribution >= 4 is 17.4 Å². The molecule has 37 valence electrons. The zero-order valence-electron chi connectivity index (χ0n) is 4.70. The normalized spacial score (nSPS) is 12.0. The fourth-order valence-corrected chi connectivity index (χ4v) is 3.67. The molecule has 0 unspecified atom stereocenters. The molecule has 0 fully saturated rings. The Bertz CT molecular complexity index is 26.7. The maximum absolute atomic E-state index is 3.82. The van der Waals surface area contributed by atoms with Gasteiger partial charge in [-0.2, -0.15) is 0 Å². The van der Waals surface area contributed by atoms with Crippen LogP contribution in [0.2, 0.25) is 19.1 Å². The summed E-state index contributed by atoms with van der Waals surface area (Å²) in [7, 11) is 0.290. The van der Waals surface area contributed by atoms with E-state index in [1.165, 1.54) is 6.04 Å². The summed E-state index contributed by atoms with van der Waals surface area (Å²) in [4.78, 5) is 0. The molecule has 0 aliphatic carbocycles. The van der Waals surface area contributed by atoms with E-state index in [0.29, 0.717) is 9.04 Å². The molecule has 0 heterocycles. The van der Waals surface area contributed by atoms with Crippen LogP contribution >= 0.6 is 0 Å². The van der Waals surface area contributed by atoms with E-state index in [1.807, 2.05) is 0 Å². The van der Waals surface area contributed by atoms with Gasteiger partial charge in [0.1, 0.15) is 0 Å². The molecule has 0 saturated heterocycles. The fraction of sp³-hybridized carbons (Fsp3) is 0.750. The Hall–Kier alpha value is 0.434. The average Bonchev–Trinajstić information content (AvgIpc) is 1.35. The van der Waals surface area contributed by atoms with Crippen molar-refractivity contribution in [1.82, 2.24) is 0 Å². The summed E-state index contributed by atoms with van der Waals surface area (Å²) in [5.41, 5.74) is 0. The van der Waals surface area contributed by atoms with Gasteiger partial charge in [0, 0.05) is 17.4 Å². The Morgan fingerprint density at radius 3 is 2.17 bits per heavy atom. The van der Waals surface area contributed by atoms with E-state index in [2.05, 4.69) is 20.0 Å². The van der Waals surface area contributed by atoms with Crippen LogP contribution in [0.15, 0.2) is 0 Å². The van der Waals surface area contributed by atoms with Crippen LogP contribution in [0.25, 0.3) is 0 Å². The molecule has 0 rings (SSSR count). The number of hydrogen-bond donors (Lipinski definition) is 0. The monoisotopic (exact) mass is 117 g/mol. The maximum Gasteiger partial charge on any atom is 0.0180 e. The van der Waals surface area contributed by atoms with Gasteiger partial charge in [-0.3, -0.25) is 0 Å². The minimum Gasteiger partial charge on any atom is -0.0745 e. The summed E-state index contributed by atoms with van der Waals surface area (Å²) < 4.78 is 0. The van der Waals surface area contributed by atoms with Gasteiger partial charge in [0.25, 0.3) is 0 Å². The molecule has 0 N–H and O–H groups in total. The molecular formula is C4H13Si2. The summed E-state index contributed by atoms with van der Waals surface area (Å²) in [5, 5.41) is 0. The summed E-state index contributed by atoms with van der Waals surface area (Å²) in [6.07, 6.45) is 0. The van der Waals surface area contributed by atoms with Crippen molar-refractivity contribution in [2.45, 2.75) is 19.1 Å². The van der Waals surface area contributed by atoms with Crippen LogP contribution in [0.5, 0.6) is 0 Å². The molecule has 0 aliphatic heterocycles. The molecule has 0 aromatic heterocycles. The number of rotatable bonds is 2. The van der Waals surface area contributed by atoms with Gasteiger partial charge < -0.3 is 0 Å². The predicted molar refractivity (Wildman–Crippen MR) is 37.6 cm³/mol. The van der Waals surface area contributed by atoms with E-state index in [1.54, 1.807) is 0 Å². The summed E-state index contributed by atoms with van der Waals surface area (Å²) >= 11 is 0. The van der Waals surface area contributed by atoms with Gasteiger partial charge in [-0.1, -0.05) is 26.1 Å². The molecule has 0 aliphatic rings. The van der Waals surface area contributed by atoms with Gasteiger partial charge in [-0.25, -0.2) is 0 Å². The van der Waals surface area contributed by atoms with Crippen LogP contribution in [0.4, 0.5) is 0 Å². The highest BCUT2D eigenvalue weighted by atomic mass is 29.2. The van der Waals surface area contributed by atoms with Crippen LogP contribution in [0.1, 0.15) is 0 Å². The third kappa shape index (κ3) is 4.43. The Labute approximate surface area is 44.2 Å². The standard InChI is InChI=1S/C4H13Si2/c1-4-5-6(2)3/h6H,1,4-5H2,2-3H3. The van der Waals surface area contributed by atoms with Gasteiger partial charge in [0.05, 0.1) is 0 Å². The van der Waals surface area contributed by atoms with Crippen molar-refractivity contribution in [3.8, 4) is 0 Å². The minimum absolute atomic E-state index is 0.0941. The Morgan fingerprint density at radius 1 is 1.67 bits per heavy atom. The first-order valence-electron chi connectivity index (χ1n) is 2.56. The first-order chi connectivity index (χ1) is 2.77. The summed E-state index contributed by atoms with van der Waals surface area (Å²) in [6, 6.07) is 1.28.